The Morgan fingerprint density at radius 1 is 1.31 bits per heavy atom. The van der Waals surface area contributed by atoms with Crippen molar-refractivity contribution in [3.8, 4) is 6.07 Å². The summed E-state index contributed by atoms with van der Waals surface area (Å²) in [6.07, 6.45) is 5.74. The van der Waals surface area contributed by atoms with E-state index in [1.54, 1.807) is 18.1 Å². The Balaban J connectivity index is 1.43. The lowest BCUT2D eigenvalue weighted by Crippen LogP contribution is -2.38. The summed E-state index contributed by atoms with van der Waals surface area (Å²) in [6.45, 7) is 7.99. The molecule has 0 aromatic carbocycles. The molecule has 0 radical (unpaired) electrons. The fourth-order valence-electron chi connectivity index (χ4n) is 4.76. The van der Waals surface area contributed by atoms with E-state index in [0.29, 0.717) is 25.6 Å². The van der Waals surface area contributed by atoms with Crippen LogP contribution in [0, 0.1) is 25.2 Å². The number of piperidine rings is 1. The van der Waals surface area contributed by atoms with E-state index in [1.165, 1.54) is 12.8 Å². The zero-order valence-corrected chi connectivity index (χ0v) is 19.4. The highest BCUT2D eigenvalue weighted by molar-refractivity contribution is 6.01. The smallest absolute Gasteiger partial charge is 0.264 e. The quantitative estimate of drug-likeness (QED) is 0.528. The molecule has 2 aromatic heterocycles. The minimum absolute atomic E-state index is 0.179. The number of amides is 1. The molecule has 1 saturated heterocycles. The van der Waals surface area contributed by atoms with Crippen LogP contribution in [0.3, 0.4) is 0 Å². The second-order valence-corrected chi connectivity index (χ2v) is 9.09. The predicted octanol–water partition coefficient (Wildman–Crippen LogP) is 3.62. The molecular weight excluding hydrogens is 404 g/mol. The van der Waals surface area contributed by atoms with Gasteiger partial charge in [-0.1, -0.05) is 0 Å². The van der Waals surface area contributed by atoms with Gasteiger partial charge in [-0.3, -0.25) is 9.89 Å². The van der Waals surface area contributed by atoms with Gasteiger partial charge < -0.3 is 14.2 Å². The second kappa shape index (κ2) is 9.29. The van der Waals surface area contributed by atoms with Crippen LogP contribution in [0.1, 0.15) is 79.1 Å². The number of carbonyl (C=O) groups is 1. The molecule has 1 aliphatic heterocycles. The molecule has 8 heteroatoms. The van der Waals surface area contributed by atoms with Gasteiger partial charge in [0.1, 0.15) is 17.5 Å². The maximum absolute atomic E-state index is 13.1. The number of aromatic amines is 1. The van der Waals surface area contributed by atoms with Crippen molar-refractivity contribution in [1.82, 2.24) is 24.6 Å². The van der Waals surface area contributed by atoms with Gasteiger partial charge in [-0.25, -0.2) is 4.98 Å². The molecular formula is C24H32N6O2. The molecule has 1 N–H and O–H groups in total. The van der Waals surface area contributed by atoms with Gasteiger partial charge in [0, 0.05) is 43.4 Å². The first kappa shape index (κ1) is 22.3. The molecule has 0 bridgehead atoms. The van der Waals surface area contributed by atoms with Crippen LogP contribution in [0.15, 0.2) is 11.6 Å². The number of hydrogen-bond donors (Lipinski definition) is 1. The summed E-state index contributed by atoms with van der Waals surface area (Å²) in [6, 6.07) is 4.34. The monoisotopic (exact) mass is 436 g/mol. The summed E-state index contributed by atoms with van der Waals surface area (Å²) in [5.41, 5.74) is 3.20. The molecule has 2 aliphatic rings. The first-order chi connectivity index (χ1) is 15.4. The van der Waals surface area contributed by atoms with Gasteiger partial charge in [-0.2, -0.15) is 10.4 Å². The van der Waals surface area contributed by atoms with Gasteiger partial charge in [-0.15, -0.1) is 0 Å². The Morgan fingerprint density at radius 3 is 2.66 bits per heavy atom. The lowest BCUT2D eigenvalue weighted by Gasteiger charge is -2.30. The molecule has 0 spiro atoms. The molecule has 170 valence electrons. The molecule has 1 atom stereocenters. The summed E-state index contributed by atoms with van der Waals surface area (Å²) in [5, 5.41) is 17.2. The zero-order chi connectivity index (χ0) is 22.8. The number of nitrogens with zero attached hydrogens (tertiary/aromatic N) is 5. The van der Waals surface area contributed by atoms with Crippen molar-refractivity contribution in [1.29, 1.82) is 5.26 Å². The highest BCUT2D eigenvalue weighted by atomic mass is 16.5. The van der Waals surface area contributed by atoms with Crippen LogP contribution in [-0.4, -0.2) is 57.4 Å². The Hall–Kier alpha value is -2.92. The predicted molar refractivity (Wildman–Crippen MR) is 121 cm³/mol. The topological polar surface area (TPSA) is 99.8 Å². The molecule has 2 fully saturated rings. The number of likely N-dealkylation sites (tertiary alicyclic amines) is 1. The summed E-state index contributed by atoms with van der Waals surface area (Å²) >= 11 is 0. The van der Waals surface area contributed by atoms with Crippen molar-refractivity contribution in [3.63, 3.8) is 0 Å². The Labute approximate surface area is 189 Å². The summed E-state index contributed by atoms with van der Waals surface area (Å²) in [4.78, 5) is 19.6. The highest BCUT2D eigenvalue weighted by Gasteiger charge is 2.31. The number of nitrogens with one attached hydrogen (secondary N) is 1. The SMILES string of the molecule is COCC(C)n1c(C)cc(/C=C(/C#N)C(=O)N2CCC(c3nc(C4CC4)n[nH]3)CC2)c1C. The van der Waals surface area contributed by atoms with Crippen LogP contribution in [-0.2, 0) is 9.53 Å². The van der Waals surface area contributed by atoms with Crippen LogP contribution in [0.4, 0.5) is 0 Å². The van der Waals surface area contributed by atoms with Crippen LogP contribution in [0.25, 0.3) is 6.08 Å². The molecule has 1 amide bonds. The van der Waals surface area contributed by atoms with Crippen LogP contribution in [0.2, 0.25) is 0 Å². The van der Waals surface area contributed by atoms with Crippen molar-refractivity contribution in [2.24, 2.45) is 0 Å². The Kier molecular flexibility index (Phi) is 6.47. The van der Waals surface area contributed by atoms with Crippen molar-refractivity contribution in [2.75, 3.05) is 26.8 Å². The number of aryl methyl sites for hydroxylation is 1. The van der Waals surface area contributed by atoms with E-state index in [-0.39, 0.29) is 23.4 Å². The fourth-order valence-corrected chi connectivity index (χ4v) is 4.76. The first-order valence-electron chi connectivity index (χ1n) is 11.4. The Bertz CT molecular complexity index is 1050. The molecule has 4 rings (SSSR count). The fraction of sp³-hybridized carbons (Fsp3) is 0.583. The van der Waals surface area contributed by atoms with Gasteiger partial charge in [-0.05, 0) is 64.2 Å². The van der Waals surface area contributed by atoms with Gasteiger partial charge in [0.05, 0.1) is 12.6 Å². The van der Waals surface area contributed by atoms with E-state index < -0.39 is 0 Å². The normalized spacial score (nSPS) is 18.6. The van der Waals surface area contributed by atoms with E-state index in [2.05, 4.69) is 32.7 Å². The van der Waals surface area contributed by atoms with Gasteiger partial charge >= 0.3 is 0 Å². The summed E-state index contributed by atoms with van der Waals surface area (Å²) in [7, 11) is 1.69. The second-order valence-electron chi connectivity index (χ2n) is 9.09. The molecule has 8 nitrogen and oxygen atoms in total. The zero-order valence-electron chi connectivity index (χ0n) is 19.4. The van der Waals surface area contributed by atoms with E-state index in [0.717, 1.165) is 41.4 Å². The number of aromatic nitrogens is 4. The van der Waals surface area contributed by atoms with E-state index in [1.807, 2.05) is 19.9 Å². The molecule has 2 aromatic rings. The highest BCUT2D eigenvalue weighted by Crippen LogP contribution is 2.38. The van der Waals surface area contributed by atoms with E-state index in [4.69, 9.17) is 4.74 Å². The first-order valence-corrected chi connectivity index (χ1v) is 11.4. The lowest BCUT2D eigenvalue weighted by molar-refractivity contribution is -0.127. The van der Waals surface area contributed by atoms with Crippen molar-refractivity contribution in [2.45, 2.75) is 64.3 Å². The maximum Gasteiger partial charge on any atom is 0.264 e. The van der Waals surface area contributed by atoms with E-state index >= 15 is 0 Å². The third kappa shape index (κ3) is 4.49. The van der Waals surface area contributed by atoms with Crippen molar-refractivity contribution < 1.29 is 9.53 Å². The van der Waals surface area contributed by atoms with Crippen LogP contribution in [0.5, 0.6) is 0 Å². The van der Waals surface area contributed by atoms with Crippen LogP contribution < -0.4 is 0 Å². The van der Waals surface area contributed by atoms with Crippen molar-refractivity contribution >= 4 is 12.0 Å². The largest absolute Gasteiger partial charge is 0.383 e. The number of ether oxygens (including phenoxy) is 1. The third-order valence-electron chi connectivity index (χ3n) is 6.65. The maximum atomic E-state index is 13.1. The molecule has 32 heavy (non-hydrogen) atoms. The standard InChI is InChI=1S/C24H32N6O2/c1-15-11-20(17(3)30(15)16(2)14-32-4)12-21(13-25)24(31)29-9-7-19(8-10-29)23-26-22(27-28-23)18-5-6-18/h11-12,16,18-19H,5-10,14H2,1-4H3,(H,26,27,28)/b21-12-. The average Bonchev–Trinajstić information content (AvgIpc) is 3.45. The number of carbonyl (C=O) groups excluding carboxylic acids is 1. The molecule has 1 saturated carbocycles. The molecule has 3 heterocycles. The number of hydrogen-bond acceptors (Lipinski definition) is 5. The summed E-state index contributed by atoms with van der Waals surface area (Å²) < 4.78 is 7.48. The number of rotatable bonds is 7. The Morgan fingerprint density at radius 2 is 2.03 bits per heavy atom. The van der Waals surface area contributed by atoms with Crippen LogP contribution >= 0.6 is 0 Å². The number of H-pyrrole nitrogens is 1. The van der Waals surface area contributed by atoms with Gasteiger partial charge in [0.15, 0.2) is 5.82 Å². The minimum atomic E-state index is -0.197. The lowest BCUT2D eigenvalue weighted by atomic mass is 9.95. The average molecular weight is 437 g/mol. The molecule has 1 aliphatic carbocycles. The number of methoxy groups -OCH3 is 1. The molecule has 1 unspecified atom stereocenters. The number of nitriles is 1. The summed E-state index contributed by atoms with van der Waals surface area (Å²) in [5.74, 6) is 2.49. The van der Waals surface area contributed by atoms with Crippen molar-refractivity contribution in [3.05, 3.63) is 40.2 Å². The van der Waals surface area contributed by atoms with E-state index in [9.17, 15) is 10.1 Å². The van der Waals surface area contributed by atoms with Gasteiger partial charge in [0.25, 0.3) is 5.91 Å². The van der Waals surface area contributed by atoms with Gasteiger partial charge in [0.2, 0.25) is 0 Å². The minimum Gasteiger partial charge on any atom is -0.383 e. The third-order valence-corrected chi connectivity index (χ3v) is 6.65.